The van der Waals surface area contributed by atoms with Crippen molar-refractivity contribution in [2.24, 2.45) is 11.7 Å². The molecule has 1 fully saturated rings. The number of benzene rings is 2. The van der Waals surface area contributed by atoms with Crippen LogP contribution in [0.5, 0.6) is 11.5 Å². The van der Waals surface area contributed by atoms with Crippen LogP contribution in [0.2, 0.25) is 0 Å². The van der Waals surface area contributed by atoms with Crippen LogP contribution in [0, 0.1) is 11.3 Å². The minimum atomic E-state index is -0.490. The SMILES string of the molecule is CC(C)C[C@@H](N)C(=O)N1CC[C@@H](Nc2ncnc(N)c2C(=N)c2ccc(Oc3ccccc3)cc2)C1. The van der Waals surface area contributed by atoms with E-state index in [4.69, 9.17) is 21.6 Å². The standard InChI is InChI=1S/C27H33N7O2/c1-17(2)14-22(28)27(35)34-13-12-19(15-34)33-26-23(25(30)31-16-32-26)24(29)18-8-10-21(11-9-18)36-20-6-4-3-5-7-20/h3-11,16-17,19,22,29H,12-15,28H2,1-2H3,(H3,30,31,32,33)/t19-,22-/m1/s1. The van der Waals surface area contributed by atoms with Gasteiger partial charge in [0.1, 0.15) is 29.5 Å². The van der Waals surface area contributed by atoms with Gasteiger partial charge >= 0.3 is 0 Å². The van der Waals surface area contributed by atoms with Gasteiger partial charge in [-0.1, -0.05) is 32.0 Å². The van der Waals surface area contributed by atoms with Crippen LogP contribution in [0.15, 0.2) is 60.9 Å². The predicted octanol–water partition coefficient (Wildman–Crippen LogP) is 3.65. The largest absolute Gasteiger partial charge is 0.457 e. The zero-order valence-electron chi connectivity index (χ0n) is 20.6. The fourth-order valence-corrected chi connectivity index (χ4v) is 4.33. The summed E-state index contributed by atoms with van der Waals surface area (Å²) in [4.78, 5) is 23.0. The Labute approximate surface area is 211 Å². The number of hydrogen-bond donors (Lipinski definition) is 4. The lowest BCUT2D eigenvalue weighted by Crippen LogP contribution is -2.44. The van der Waals surface area contributed by atoms with E-state index in [-0.39, 0.29) is 23.5 Å². The third-order valence-corrected chi connectivity index (χ3v) is 6.13. The topological polar surface area (TPSA) is 143 Å². The van der Waals surface area contributed by atoms with Crippen LogP contribution in [0.25, 0.3) is 0 Å². The first-order chi connectivity index (χ1) is 17.3. The van der Waals surface area contributed by atoms with Crippen molar-refractivity contribution < 1.29 is 9.53 Å². The van der Waals surface area contributed by atoms with Crippen LogP contribution in [0.4, 0.5) is 11.6 Å². The van der Waals surface area contributed by atoms with Gasteiger partial charge in [-0.2, -0.15) is 0 Å². The van der Waals surface area contributed by atoms with Gasteiger partial charge in [0.2, 0.25) is 5.91 Å². The fourth-order valence-electron chi connectivity index (χ4n) is 4.33. The smallest absolute Gasteiger partial charge is 0.239 e. The molecule has 1 aliphatic rings. The minimum Gasteiger partial charge on any atom is -0.457 e. The number of nitrogens with zero attached hydrogens (tertiary/aromatic N) is 3. The first kappa shape index (κ1) is 25.1. The van der Waals surface area contributed by atoms with Crippen molar-refractivity contribution in [3.05, 3.63) is 72.1 Å². The van der Waals surface area contributed by atoms with E-state index < -0.39 is 6.04 Å². The zero-order chi connectivity index (χ0) is 25.7. The third-order valence-electron chi connectivity index (χ3n) is 6.13. The Kier molecular flexibility index (Phi) is 7.80. The molecule has 2 aromatic carbocycles. The Morgan fingerprint density at radius 1 is 1.14 bits per heavy atom. The number of carbonyl (C=O) groups excluding carboxylic acids is 1. The molecule has 3 aromatic rings. The molecule has 1 aromatic heterocycles. The number of nitrogen functional groups attached to an aromatic ring is 1. The maximum atomic E-state index is 12.7. The third kappa shape index (κ3) is 5.98. The van der Waals surface area contributed by atoms with Gasteiger partial charge in [-0.15, -0.1) is 0 Å². The Morgan fingerprint density at radius 2 is 1.83 bits per heavy atom. The number of likely N-dealkylation sites (tertiary alicyclic amines) is 1. The highest BCUT2D eigenvalue weighted by Crippen LogP contribution is 2.26. The molecule has 9 nitrogen and oxygen atoms in total. The molecule has 0 radical (unpaired) electrons. The minimum absolute atomic E-state index is 0.0253. The maximum absolute atomic E-state index is 12.7. The lowest BCUT2D eigenvalue weighted by Gasteiger charge is -2.22. The van der Waals surface area contributed by atoms with E-state index in [0.717, 1.165) is 12.2 Å². The van der Waals surface area contributed by atoms with Crippen LogP contribution in [-0.4, -0.2) is 51.7 Å². The lowest BCUT2D eigenvalue weighted by atomic mass is 10.0. The summed E-state index contributed by atoms with van der Waals surface area (Å²) >= 11 is 0. The summed E-state index contributed by atoms with van der Waals surface area (Å²) in [6, 6.07) is 16.2. The number of nitrogens with two attached hydrogens (primary N) is 2. The Bertz CT molecular complexity index is 1200. The summed E-state index contributed by atoms with van der Waals surface area (Å²) < 4.78 is 5.85. The lowest BCUT2D eigenvalue weighted by molar-refractivity contribution is -0.131. The van der Waals surface area contributed by atoms with Gasteiger partial charge in [-0.05, 0) is 55.2 Å². The summed E-state index contributed by atoms with van der Waals surface area (Å²) in [7, 11) is 0. The number of nitrogens with one attached hydrogen (secondary N) is 2. The van der Waals surface area contributed by atoms with Crippen LogP contribution in [-0.2, 0) is 4.79 Å². The van der Waals surface area contributed by atoms with E-state index in [9.17, 15) is 4.79 Å². The molecule has 0 bridgehead atoms. The van der Waals surface area contributed by atoms with Gasteiger partial charge in [0.25, 0.3) is 0 Å². The van der Waals surface area contributed by atoms with Gasteiger partial charge in [0, 0.05) is 24.7 Å². The molecule has 4 rings (SSSR count). The summed E-state index contributed by atoms with van der Waals surface area (Å²) in [6.07, 6.45) is 2.79. The molecule has 0 saturated carbocycles. The van der Waals surface area contributed by atoms with E-state index in [1.165, 1.54) is 6.33 Å². The number of anilines is 2. The highest BCUT2D eigenvalue weighted by molar-refractivity contribution is 6.16. The molecule has 1 saturated heterocycles. The fraction of sp³-hybridized carbons (Fsp3) is 0.333. The molecular formula is C27H33N7O2. The molecule has 188 valence electrons. The van der Waals surface area contributed by atoms with Crippen molar-refractivity contribution in [3.8, 4) is 11.5 Å². The monoisotopic (exact) mass is 487 g/mol. The number of ether oxygens (including phenoxy) is 1. The summed E-state index contributed by atoms with van der Waals surface area (Å²) in [5, 5.41) is 12.2. The van der Waals surface area contributed by atoms with Crippen molar-refractivity contribution in [1.82, 2.24) is 14.9 Å². The first-order valence-corrected chi connectivity index (χ1v) is 12.2. The Balaban J connectivity index is 1.45. The van der Waals surface area contributed by atoms with Crippen LogP contribution < -0.4 is 21.5 Å². The Morgan fingerprint density at radius 3 is 2.53 bits per heavy atom. The molecule has 2 atom stereocenters. The summed E-state index contributed by atoms with van der Waals surface area (Å²) in [5.74, 6) is 2.43. The molecule has 6 N–H and O–H groups in total. The predicted molar refractivity (Wildman–Crippen MR) is 141 cm³/mol. The number of aromatic nitrogens is 2. The quantitative estimate of drug-likeness (QED) is 0.337. The summed E-state index contributed by atoms with van der Waals surface area (Å²) in [6.45, 7) is 5.26. The molecule has 2 heterocycles. The van der Waals surface area contributed by atoms with Crippen LogP contribution in [0.3, 0.4) is 0 Å². The molecule has 36 heavy (non-hydrogen) atoms. The maximum Gasteiger partial charge on any atom is 0.239 e. The second-order valence-electron chi connectivity index (χ2n) is 9.45. The van der Waals surface area contributed by atoms with E-state index in [1.54, 1.807) is 4.90 Å². The molecule has 1 amide bonds. The van der Waals surface area contributed by atoms with E-state index in [2.05, 4.69) is 29.1 Å². The highest BCUT2D eigenvalue weighted by Gasteiger charge is 2.30. The van der Waals surface area contributed by atoms with E-state index in [0.29, 0.717) is 48.1 Å². The van der Waals surface area contributed by atoms with Crippen molar-refractivity contribution in [2.75, 3.05) is 24.1 Å². The first-order valence-electron chi connectivity index (χ1n) is 12.2. The normalized spacial score (nSPS) is 16.1. The van der Waals surface area contributed by atoms with Crippen molar-refractivity contribution in [1.29, 1.82) is 5.41 Å². The average molecular weight is 488 g/mol. The zero-order valence-corrected chi connectivity index (χ0v) is 20.6. The van der Waals surface area contributed by atoms with Gasteiger partial charge < -0.3 is 26.4 Å². The van der Waals surface area contributed by atoms with E-state index in [1.807, 2.05) is 54.6 Å². The average Bonchev–Trinajstić information content (AvgIpc) is 3.32. The molecule has 0 unspecified atom stereocenters. The second kappa shape index (κ2) is 11.2. The van der Waals surface area contributed by atoms with Gasteiger partial charge in [0.15, 0.2) is 0 Å². The summed E-state index contributed by atoms with van der Waals surface area (Å²) in [5.41, 5.74) is 13.6. The molecular weight excluding hydrogens is 454 g/mol. The number of rotatable bonds is 9. The number of amides is 1. The van der Waals surface area contributed by atoms with Gasteiger partial charge in [-0.3, -0.25) is 10.2 Å². The van der Waals surface area contributed by atoms with Crippen LogP contribution in [0.1, 0.15) is 37.8 Å². The molecule has 0 spiro atoms. The van der Waals surface area contributed by atoms with Crippen LogP contribution >= 0.6 is 0 Å². The molecule has 9 heteroatoms. The second-order valence-corrected chi connectivity index (χ2v) is 9.45. The Hall–Kier alpha value is -3.98. The molecule has 0 aliphatic carbocycles. The van der Waals surface area contributed by atoms with Crippen molar-refractivity contribution in [3.63, 3.8) is 0 Å². The molecule has 1 aliphatic heterocycles. The van der Waals surface area contributed by atoms with Gasteiger partial charge in [-0.25, -0.2) is 9.97 Å². The van der Waals surface area contributed by atoms with E-state index >= 15 is 0 Å². The number of carbonyl (C=O) groups is 1. The highest BCUT2D eigenvalue weighted by atomic mass is 16.5. The van der Waals surface area contributed by atoms with Crippen molar-refractivity contribution >= 4 is 23.3 Å². The number of para-hydroxylation sites is 1. The van der Waals surface area contributed by atoms with Crippen molar-refractivity contribution in [2.45, 2.75) is 38.8 Å². The number of hydrogen-bond acceptors (Lipinski definition) is 8. The van der Waals surface area contributed by atoms with Gasteiger partial charge in [0.05, 0.1) is 17.3 Å².